The van der Waals surface area contributed by atoms with Crippen LogP contribution in [-0.4, -0.2) is 30.3 Å². The molecule has 0 fully saturated rings. The van der Waals surface area contributed by atoms with E-state index < -0.39 is 0 Å². The summed E-state index contributed by atoms with van der Waals surface area (Å²) in [5, 5.41) is 1.34. The standard InChI is InChI=1S/C20H24ClNS2/c1-3-22(4-2)11-12-23-20-14-15-13-16(21)9-10-18(15)24-19-8-6-5-7-17(19)20/h5-10,13,20H,3-4,11-12,14H2,1-2H3/t20-/m0/s1. The molecule has 1 nitrogen and oxygen atoms in total. The lowest BCUT2D eigenvalue weighted by molar-refractivity contribution is 0.323. The van der Waals surface area contributed by atoms with E-state index in [2.05, 4.69) is 66.9 Å². The largest absolute Gasteiger partial charge is 0.303 e. The molecule has 0 radical (unpaired) electrons. The van der Waals surface area contributed by atoms with Gasteiger partial charge in [0.25, 0.3) is 0 Å². The van der Waals surface area contributed by atoms with Crippen molar-refractivity contribution in [3.05, 3.63) is 58.6 Å². The number of halogens is 1. The van der Waals surface area contributed by atoms with Crippen LogP contribution in [0.4, 0.5) is 0 Å². The third-order valence-corrected chi connectivity index (χ3v) is 7.22. The van der Waals surface area contributed by atoms with E-state index in [4.69, 9.17) is 11.6 Å². The van der Waals surface area contributed by atoms with E-state index in [-0.39, 0.29) is 0 Å². The third-order valence-electron chi connectivity index (χ3n) is 4.53. The Bertz CT molecular complexity index is 685. The zero-order chi connectivity index (χ0) is 16.9. The molecule has 4 heteroatoms. The van der Waals surface area contributed by atoms with Crippen LogP contribution in [0.3, 0.4) is 0 Å². The van der Waals surface area contributed by atoms with E-state index in [1.807, 2.05) is 17.8 Å². The first-order valence-corrected chi connectivity index (χ1v) is 10.8. The quantitative estimate of drug-likeness (QED) is 0.593. The lowest BCUT2D eigenvalue weighted by atomic mass is 10.0. The van der Waals surface area contributed by atoms with Crippen LogP contribution in [0.5, 0.6) is 0 Å². The molecule has 0 spiro atoms. The molecule has 1 aliphatic heterocycles. The lowest BCUT2D eigenvalue weighted by Gasteiger charge is -2.21. The lowest BCUT2D eigenvalue weighted by Crippen LogP contribution is -2.25. The minimum atomic E-state index is 0.504. The van der Waals surface area contributed by atoms with E-state index >= 15 is 0 Å². The second kappa shape index (κ2) is 8.66. The SMILES string of the molecule is CCN(CC)CCS[C@H]1Cc2cc(Cl)ccc2Sc2ccccc21. The Kier molecular flexibility index (Phi) is 6.56. The van der Waals surface area contributed by atoms with E-state index in [1.165, 1.54) is 26.7 Å². The summed E-state index contributed by atoms with van der Waals surface area (Å²) in [6, 6.07) is 15.2. The average molecular weight is 378 g/mol. The van der Waals surface area contributed by atoms with Crippen LogP contribution in [0, 0.1) is 0 Å². The Balaban J connectivity index is 1.81. The predicted molar refractivity (Wildman–Crippen MR) is 109 cm³/mol. The summed E-state index contributed by atoms with van der Waals surface area (Å²) >= 11 is 10.2. The summed E-state index contributed by atoms with van der Waals surface area (Å²) in [4.78, 5) is 5.23. The highest BCUT2D eigenvalue weighted by Crippen LogP contribution is 2.46. The Morgan fingerprint density at radius 1 is 1.12 bits per heavy atom. The van der Waals surface area contributed by atoms with E-state index in [0.29, 0.717) is 5.25 Å². The van der Waals surface area contributed by atoms with Crippen LogP contribution in [0.15, 0.2) is 52.3 Å². The van der Waals surface area contributed by atoms with Gasteiger partial charge in [-0.25, -0.2) is 0 Å². The van der Waals surface area contributed by atoms with Gasteiger partial charge >= 0.3 is 0 Å². The molecule has 1 aliphatic rings. The van der Waals surface area contributed by atoms with Crippen molar-refractivity contribution in [3.8, 4) is 0 Å². The average Bonchev–Trinajstić information content (AvgIpc) is 2.75. The molecule has 0 bridgehead atoms. The second-order valence-electron chi connectivity index (χ2n) is 5.98. The summed E-state index contributed by atoms with van der Waals surface area (Å²) in [6.07, 6.45) is 1.06. The number of rotatable bonds is 6. The van der Waals surface area contributed by atoms with Crippen molar-refractivity contribution in [2.75, 3.05) is 25.4 Å². The van der Waals surface area contributed by atoms with E-state index in [1.54, 1.807) is 0 Å². The molecular weight excluding hydrogens is 354 g/mol. The first kappa shape index (κ1) is 18.2. The number of fused-ring (bicyclic) bond motifs is 2. The highest BCUT2D eigenvalue weighted by atomic mass is 35.5. The first-order valence-electron chi connectivity index (χ1n) is 8.60. The van der Waals surface area contributed by atoms with Gasteiger partial charge in [-0.2, -0.15) is 11.8 Å². The maximum absolute atomic E-state index is 6.25. The molecule has 0 saturated carbocycles. The minimum Gasteiger partial charge on any atom is -0.303 e. The second-order valence-corrected chi connectivity index (χ2v) is 8.81. The van der Waals surface area contributed by atoms with Crippen molar-refractivity contribution in [2.24, 2.45) is 0 Å². The molecule has 2 aromatic carbocycles. The van der Waals surface area contributed by atoms with Crippen molar-refractivity contribution < 1.29 is 0 Å². The fourth-order valence-corrected chi connectivity index (χ4v) is 5.81. The molecule has 0 saturated heterocycles. The van der Waals surface area contributed by atoms with Crippen LogP contribution < -0.4 is 0 Å². The summed E-state index contributed by atoms with van der Waals surface area (Å²) in [5.74, 6) is 1.17. The fraction of sp³-hybridized carbons (Fsp3) is 0.400. The van der Waals surface area contributed by atoms with Gasteiger partial charge in [-0.15, -0.1) is 0 Å². The van der Waals surface area contributed by atoms with Gasteiger partial charge in [-0.05, 0) is 54.9 Å². The number of benzene rings is 2. The summed E-state index contributed by atoms with van der Waals surface area (Å²) in [5.41, 5.74) is 2.85. The molecule has 0 N–H and O–H groups in total. The topological polar surface area (TPSA) is 3.24 Å². The van der Waals surface area contributed by atoms with Crippen molar-refractivity contribution in [1.82, 2.24) is 4.90 Å². The summed E-state index contributed by atoms with van der Waals surface area (Å²) in [7, 11) is 0. The fourth-order valence-electron chi connectivity index (χ4n) is 3.09. The van der Waals surface area contributed by atoms with Crippen LogP contribution in [0.2, 0.25) is 5.02 Å². The Hall–Kier alpha value is -0.610. The number of thioether (sulfide) groups is 1. The van der Waals surface area contributed by atoms with Gasteiger partial charge in [0.2, 0.25) is 0 Å². The Morgan fingerprint density at radius 3 is 2.71 bits per heavy atom. The van der Waals surface area contributed by atoms with Gasteiger partial charge in [0.15, 0.2) is 0 Å². The van der Waals surface area contributed by atoms with Gasteiger partial charge in [0.05, 0.1) is 0 Å². The summed E-state index contributed by atoms with van der Waals surface area (Å²) in [6.45, 7) is 7.90. The Morgan fingerprint density at radius 2 is 1.92 bits per heavy atom. The molecule has 3 rings (SSSR count). The maximum atomic E-state index is 6.25. The number of hydrogen-bond donors (Lipinski definition) is 0. The molecule has 0 aliphatic carbocycles. The normalized spacial score (nSPS) is 16.6. The number of nitrogens with zero attached hydrogens (tertiary/aromatic N) is 1. The summed E-state index contributed by atoms with van der Waals surface area (Å²) < 4.78 is 0. The Labute approximate surface area is 159 Å². The van der Waals surface area contributed by atoms with Gasteiger partial charge < -0.3 is 4.90 Å². The van der Waals surface area contributed by atoms with Crippen LogP contribution >= 0.6 is 35.1 Å². The molecule has 0 unspecified atom stereocenters. The zero-order valence-electron chi connectivity index (χ0n) is 14.3. The smallest absolute Gasteiger partial charge is 0.0409 e. The van der Waals surface area contributed by atoms with Crippen LogP contribution in [0.25, 0.3) is 0 Å². The van der Waals surface area contributed by atoms with Gasteiger partial charge in [0, 0.05) is 32.4 Å². The van der Waals surface area contributed by atoms with E-state index in [9.17, 15) is 0 Å². The minimum absolute atomic E-state index is 0.504. The van der Waals surface area contributed by atoms with Crippen molar-refractivity contribution in [1.29, 1.82) is 0 Å². The molecule has 1 atom stereocenters. The third kappa shape index (κ3) is 4.32. The highest BCUT2D eigenvalue weighted by Gasteiger charge is 2.23. The number of hydrogen-bond acceptors (Lipinski definition) is 3. The van der Waals surface area contributed by atoms with Crippen molar-refractivity contribution >= 4 is 35.1 Å². The van der Waals surface area contributed by atoms with Crippen LogP contribution in [-0.2, 0) is 6.42 Å². The first-order chi connectivity index (χ1) is 11.7. The molecule has 1 heterocycles. The molecule has 0 aromatic heterocycles. The molecular formula is C20H24ClNS2. The maximum Gasteiger partial charge on any atom is 0.0409 e. The highest BCUT2D eigenvalue weighted by molar-refractivity contribution is 8.00. The van der Waals surface area contributed by atoms with Gasteiger partial charge in [-0.3, -0.25) is 0 Å². The molecule has 0 amide bonds. The molecule has 24 heavy (non-hydrogen) atoms. The molecule has 128 valence electrons. The van der Waals surface area contributed by atoms with Crippen molar-refractivity contribution in [2.45, 2.75) is 35.3 Å². The van der Waals surface area contributed by atoms with Crippen LogP contribution in [0.1, 0.15) is 30.2 Å². The van der Waals surface area contributed by atoms with Gasteiger partial charge in [0.1, 0.15) is 0 Å². The van der Waals surface area contributed by atoms with E-state index in [0.717, 1.165) is 31.1 Å². The predicted octanol–water partition coefficient (Wildman–Crippen LogP) is 6.16. The van der Waals surface area contributed by atoms with Crippen molar-refractivity contribution in [3.63, 3.8) is 0 Å². The zero-order valence-corrected chi connectivity index (χ0v) is 16.7. The van der Waals surface area contributed by atoms with Gasteiger partial charge in [-0.1, -0.05) is 55.4 Å². The monoisotopic (exact) mass is 377 g/mol. The molecule has 2 aromatic rings.